The van der Waals surface area contributed by atoms with Gasteiger partial charge in [-0.2, -0.15) is 11.8 Å². The quantitative estimate of drug-likeness (QED) is 0.874. The summed E-state index contributed by atoms with van der Waals surface area (Å²) in [6.07, 6.45) is 2.98. The smallest absolute Gasteiger partial charge is 0.237 e. The first-order valence-corrected chi connectivity index (χ1v) is 6.82. The SMILES string of the molecule is CCOc1ncccc1NC1CCSC1C. The number of ether oxygens (including phenoxy) is 1. The zero-order valence-electron chi connectivity index (χ0n) is 9.77. The summed E-state index contributed by atoms with van der Waals surface area (Å²) >= 11 is 2.02. The third-order valence-corrected chi connectivity index (χ3v) is 4.10. The average Bonchev–Trinajstić information content (AvgIpc) is 2.68. The molecule has 2 atom stereocenters. The number of hydrogen-bond donors (Lipinski definition) is 1. The second-order valence-electron chi connectivity index (χ2n) is 3.90. The van der Waals surface area contributed by atoms with Crippen molar-refractivity contribution in [2.45, 2.75) is 31.6 Å². The van der Waals surface area contributed by atoms with Crippen LogP contribution in [0.5, 0.6) is 5.88 Å². The third kappa shape index (κ3) is 2.61. The molecule has 0 radical (unpaired) electrons. The molecule has 0 spiro atoms. The lowest BCUT2D eigenvalue weighted by Gasteiger charge is -2.19. The summed E-state index contributed by atoms with van der Waals surface area (Å²) in [6.45, 7) is 4.90. The van der Waals surface area contributed by atoms with E-state index in [1.165, 1.54) is 12.2 Å². The average molecular weight is 238 g/mol. The zero-order chi connectivity index (χ0) is 11.4. The van der Waals surface area contributed by atoms with Crippen molar-refractivity contribution in [3.63, 3.8) is 0 Å². The molecule has 16 heavy (non-hydrogen) atoms. The van der Waals surface area contributed by atoms with E-state index in [1.807, 2.05) is 30.8 Å². The van der Waals surface area contributed by atoms with Crippen LogP contribution in [0.1, 0.15) is 20.3 Å². The van der Waals surface area contributed by atoms with E-state index in [0.29, 0.717) is 23.8 Å². The number of nitrogens with one attached hydrogen (secondary N) is 1. The molecule has 0 bridgehead atoms. The van der Waals surface area contributed by atoms with Crippen LogP contribution >= 0.6 is 11.8 Å². The van der Waals surface area contributed by atoms with E-state index in [2.05, 4.69) is 17.2 Å². The summed E-state index contributed by atoms with van der Waals surface area (Å²) in [5.74, 6) is 1.96. The van der Waals surface area contributed by atoms with Gasteiger partial charge in [0.25, 0.3) is 0 Å². The number of thioether (sulfide) groups is 1. The predicted molar refractivity (Wildman–Crippen MR) is 69.4 cm³/mol. The van der Waals surface area contributed by atoms with Gasteiger partial charge in [-0.3, -0.25) is 0 Å². The molecule has 1 saturated heterocycles. The second kappa shape index (κ2) is 5.43. The summed E-state index contributed by atoms with van der Waals surface area (Å²) in [5.41, 5.74) is 1.02. The van der Waals surface area contributed by atoms with Crippen molar-refractivity contribution in [2.24, 2.45) is 0 Å². The Morgan fingerprint density at radius 3 is 3.19 bits per heavy atom. The van der Waals surface area contributed by atoms with Crippen LogP contribution in [-0.4, -0.2) is 28.6 Å². The molecular weight excluding hydrogens is 220 g/mol. The first kappa shape index (κ1) is 11.6. The molecular formula is C12H18N2OS. The normalized spacial score (nSPS) is 24.4. The van der Waals surface area contributed by atoms with Gasteiger partial charge in [0.05, 0.1) is 12.3 Å². The monoisotopic (exact) mass is 238 g/mol. The molecule has 1 aliphatic heterocycles. The molecule has 0 aliphatic carbocycles. The summed E-state index contributed by atoms with van der Waals surface area (Å²) < 4.78 is 5.50. The molecule has 2 heterocycles. The van der Waals surface area contributed by atoms with Gasteiger partial charge in [-0.1, -0.05) is 6.92 Å². The van der Waals surface area contributed by atoms with E-state index in [4.69, 9.17) is 4.74 Å². The Hall–Kier alpha value is -0.900. The standard InChI is InChI=1S/C12H18N2OS/c1-3-15-12-11(5-4-7-13-12)14-10-6-8-16-9(10)2/h4-5,7,9-10,14H,3,6,8H2,1-2H3. The number of nitrogens with zero attached hydrogens (tertiary/aromatic N) is 1. The lowest BCUT2D eigenvalue weighted by atomic mass is 10.1. The fourth-order valence-electron chi connectivity index (χ4n) is 1.87. The summed E-state index contributed by atoms with van der Waals surface area (Å²) in [7, 11) is 0. The van der Waals surface area contributed by atoms with Gasteiger partial charge >= 0.3 is 0 Å². The molecule has 1 aromatic rings. The van der Waals surface area contributed by atoms with Gasteiger partial charge in [-0.15, -0.1) is 0 Å². The van der Waals surface area contributed by atoms with E-state index in [9.17, 15) is 0 Å². The van der Waals surface area contributed by atoms with Crippen molar-refractivity contribution >= 4 is 17.4 Å². The Bertz CT molecular complexity index is 346. The Morgan fingerprint density at radius 2 is 2.50 bits per heavy atom. The summed E-state index contributed by atoms with van der Waals surface area (Å²) in [6, 6.07) is 4.51. The number of pyridine rings is 1. The number of anilines is 1. The molecule has 2 rings (SSSR count). The summed E-state index contributed by atoms with van der Waals surface area (Å²) in [5, 5.41) is 4.20. The minimum absolute atomic E-state index is 0.536. The Balaban J connectivity index is 2.07. The van der Waals surface area contributed by atoms with Gasteiger partial charge in [-0.25, -0.2) is 4.98 Å². The van der Waals surface area contributed by atoms with E-state index in [0.717, 1.165) is 5.69 Å². The molecule has 3 nitrogen and oxygen atoms in total. The van der Waals surface area contributed by atoms with Gasteiger partial charge in [0, 0.05) is 17.5 Å². The maximum atomic E-state index is 5.50. The number of aromatic nitrogens is 1. The first-order chi connectivity index (χ1) is 7.81. The lowest BCUT2D eigenvalue weighted by molar-refractivity contribution is 0.328. The van der Waals surface area contributed by atoms with Crippen LogP contribution in [0.4, 0.5) is 5.69 Å². The van der Waals surface area contributed by atoms with Crippen molar-refractivity contribution < 1.29 is 4.74 Å². The zero-order valence-corrected chi connectivity index (χ0v) is 10.6. The summed E-state index contributed by atoms with van der Waals surface area (Å²) in [4.78, 5) is 4.24. The highest BCUT2D eigenvalue weighted by Gasteiger charge is 2.24. The molecule has 1 aromatic heterocycles. The lowest BCUT2D eigenvalue weighted by Crippen LogP contribution is -2.25. The molecule has 2 unspecified atom stereocenters. The third-order valence-electron chi connectivity index (χ3n) is 2.77. The van der Waals surface area contributed by atoms with E-state index in [1.54, 1.807) is 6.20 Å². The highest BCUT2D eigenvalue weighted by Crippen LogP contribution is 2.31. The van der Waals surface area contributed by atoms with Crippen LogP contribution < -0.4 is 10.1 Å². The Kier molecular flexibility index (Phi) is 3.93. The van der Waals surface area contributed by atoms with Crippen molar-refractivity contribution in [1.82, 2.24) is 4.98 Å². The van der Waals surface area contributed by atoms with Gasteiger partial charge in [0.2, 0.25) is 5.88 Å². The molecule has 1 fully saturated rings. The maximum absolute atomic E-state index is 5.50. The fraction of sp³-hybridized carbons (Fsp3) is 0.583. The van der Waals surface area contributed by atoms with Crippen LogP contribution in [0.3, 0.4) is 0 Å². The highest BCUT2D eigenvalue weighted by molar-refractivity contribution is 8.00. The minimum Gasteiger partial charge on any atom is -0.476 e. The van der Waals surface area contributed by atoms with Gasteiger partial charge in [-0.05, 0) is 31.2 Å². The topological polar surface area (TPSA) is 34.1 Å². The molecule has 4 heteroatoms. The number of hydrogen-bond acceptors (Lipinski definition) is 4. The molecule has 0 aromatic carbocycles. The van der Waals surface area contributed by atoms with Crippen molar-refractivity contribution in [1.29, 1.82) is 0 Å². The van der Waals surface area contributed by atoms with Crippen LogP contribution in [0.25, 0.3) is 0 Å². The van der Waals surface area contributed by atoms with Gasteiger partial charge < -0.3 is 10.1 Å². The Labute approximate surface area is 101 Å². The largest absolute Gasteiger partial charge is 0.476 e. The van der Waals surface area contributed by atoms with Crippen LogP contribution in [0.15, 0.2) is 18.3 Å². The fourth-order valence-corrected chi connectivity index (χ4v) is 3.07. The van der Waals surface area contributed by atoms with E-state index in [-0.39, 0.29) is 0 Å². The second-order valence-corrected chi connectivity index (χ2v) is 5.39. The van der Waals surface area contributed by atoms with Crippen LogP contribution in [-0.2, 0) is 0 Å². The molecule has 88 valence electrons. The van der Waals surface area contributed by atoms with E-state index >= 15 is 0 Å². The number of rotatable bonds is 4. The predicted octanol–water partition coefficient (Wildman–Crippen LogP) is 2.79. The van der Waals surface area contributed by atoms with E-state index < -0.39 is 0 Å². The van der Waals surface area contributed by atoms with Gasteiger partial charge in [0.1, 0.15) is 0 Å². The van der Waals surface area contributed by atoms with Crippen molar-refractivity contribution in [3.05, 3.63) is 18.3 Å². The maximum Gasteiger partial charge on any atom is 0.237 e. The van der Waals surface area contributed by atoms with Crippen LogP contribution in [0.2, 0.25) is 0 Å². The minimum atomic E-state index is 0.536. The Morgan fingerprint density at radius 1 is 1.62 bits per heavy atom. The van der Waals surface area contributed by atoms with Crippen molar-refractivity contribution in [3.8, 4) is 5.88 Å². The molecule has 0 amide bonds. The van der Waals surface area contributed by atoms with Crippen molar-refractivity contribution in [2.75, 3.05) is 17.7 Å². The first-order valence-electron chi connectivity index (χ1n) is 5.77. The van der Waals surface area contributed by atoms with Gasteiger partial charge in [0.15, 0.2) is 0 Å². The molecule has 1 N–H and O–H groups in total. The molecule has 0 saturated carbocycles. The molecule has 1 aliphatic rings. The van der Waals surface area contributed by atoms with Crippen LogP contribution in [0, 0.1) is 0 Å². The highest BCUT2D eigenvalue weighted by atomic mass is 32.2.